The summed E-state index contributed by atoms with van der Waals surface area (Å²) in [4.78, 5) is 26.0. The molecule has 0 aromatic heterocycles. The van der Waals surface area contributed by atoms with Crippen LogP contribution >= 0.6 is 0 Å². The third kappa shape index (κ3) is 17.2. The summed E-state index contributed by atoms with van der Waals surface area (Å²) in [5, 5.41) is 16.3. The van der Waals surface area contributed by atoms with Crippen LogP contribution in [-0.2, 0) is 19.0 Å². The van der Waals surface area contributed by atoms with Gasteiger partial charge in [-0.2, -0.15) is 0 Å². The van der Waals surface area contributed by atoms with Crippen LogP contribution in [0.3, 0.4) is 0 Å². The summed E-state index contributed by atoms with van der Waals surface area (Å²) in [7, 11) is 1.71. The van der Waals surface area contributed by atoms with Crippen molar-refractivity contribution >= 4 is 12.1 Å². The highest BCUT2D eigenvalue weighted by Gasteiger charge is 2.28. The number of unbranched alkanes of at least 4 members (excludes halogenated alkanes) is 1. The number of nitrogens with zero attached hydrogens (tertiary/aromatic N) is 1. The van der Waals surface area contributed by atoms with E-state index in [1.165, 1.54) is 4.90 Å². The molecule has 3 N–H and O–H groups in total. The normalized spacial score (nSPS) is 14.6. The molecule has 0 rings (SSSR count). The number of rotatable bonds is 12. The molecule has 0 aromatic rings. The van der Waals surface area contributed by atoms with Gasteiger partial charge in [-0.1, -0.05) is 6.42 Å². The molecule has 0 bridgehead atoms. The molecule has 2 unspecified atom stereocenters. The van der Waals surface area contributed by atoms with Crippen LogP contribution in [0.4, 0.5) is 4.79 Å². The first-order chi connectivity index (χ1) is 14.4. The Morgan fingerprint density at radius 1 is 0.875 bits per heavy atom. The lowest BCUT2D eigenvalue weighted by molar-refractivity contribution is -0.193. The Labute approximate surface area is 194 Å². The van der Waals surface area contributed by atoms with Gasteiger partial charge in [-0.15, -0.1) is 0 Å². The van der Waals surface area contributed by atoms with Gasteiger partial charge in [-0.25, -0.2) is 4.79 Å². The van der Waals surface area contributed by atoms with Gasteiger partial charge < -0.3 is 29.5 Å². The second-order valence-corrected chi connectivity index (χ2v) is 11.0. The van der Waals surface area contributed by atoms with Gasteiger partial charge in [0.05, 0.1) is 5.60 Å². The fraction of sp³-hybridized carbons (Fsp3) is 0.913. The third-order valence-corrected chi connectivity index (χ3v) is 3.93. The number of carbonyl (C=O) groups is 2. The van der Waals surface area contributed by atoms with E-state index in [1.807, 2.05) is 62.3 Å². The van der Waals surface area contributed by atoms with Gasteiger partial charge in [-0.05, 0) is 81.7 Å². The van der Waals surface area contributed by atoms with E-state index in [-0.39, 0.29) is 6.09 Å². The molecule has 0 saturated heterocycles. The van der Waals surface area contributed by atoms with E-state index in [0.29, 0.717) is 19.5 Å². The van der Waals surface area contributed by atoms with Crippen molar-refractivity contribution in [2.45, 2.75) is 111 Å². The van der Waals surface area contributed by atoms with Gasteiger partial charge in [0.1, 0.15) is 17.2 Å². The zero-order valence-electron chi connectivity index (χ0n) is 21.8. The smallest absolute Gasteiger partial charge is 0.410 e. The number of amides is 1. The maximum atomic E-state index is 12.5. The van der Waals surface area contributed by atoms with E-state index in [9.17, 15) is 14.7 Å². The van der Waals surface area contributed by atoms with Gasteiger partial charge in [0.2, 0.25) is 6.41 Å². The first kappa shape index (κ1) is 30.6. The average molecular weight is 462 g/mol. The number of ether oxygens (including phenoxy) is 3. The molecule has 0 aliphatic heterocycles. The maximum Gasteiger partial charge on any atom is 0.410 e. The predicted octanol–water partition coefficient (Wildman–Crippen LogP) is 3.00. The van der Waals surface area contributed by atoms with Gasteiger partial charge in [-0.3, -0.25) is 10.1 Å². The monoisotopic (exact) mass is 461 g/mol. The van der Waals surface area contributed by atoms with Crippen LogP contribution < -0.4 is 10.6 Å². The van der Waals surface area contributed by atoms with Crippen LogP contribution in [0, 0.1) is 0 Å². The van der Waals surface area contributed by atoms with Gasteiger partial charge >= 0.3 is 12.1 Å². The minimum absolute atomic E-state index is 0.346. The van der Waals surface area contributed by atoms with Crippen molar-refractivity contribution < 1.29 is 28.9 Å². The number of hydrogen-bond donors (Lipinski definition) is 3. The molecule has 0 spiro atoms. The molecule has 0 aromatic carbocycles. The van der Waals surface area contributed by atoms with Crippen LogP contribution in [0.15, 0.2) is 0 Å². The van der Waals surface area contributed by atoms with Gasteiger partial charge in [0.15, 0.2) is 0 Å². The zero-order valence-corrected chi connectivity index (χ0v) is 21.8. The summed E-state index contributed by atoms with van der Waals surface area (Å²) >= 11 is 0. The van der Waals surface area contributed by atoms with Crippen LogP contribution in [0.25, 0.3) is 0 Å². The van der Waals surface area contributed by atoms with Crippen LogP contribution in [-0.4, -0.2) is 78.0 Å². The highest BCUT2D eigenvalue weighted by Crippen LogP contribution is 2.14. The van der Waals surface area contributed by atoms with Crippen LogP contribution in [0.2, 0.25) is 0 Å². The predicted molar refractivity (Wildman–Crippen MR) is 125 cm³/mol. The number of esters is 1. The van der Waals surface area contributed by atoms with Gasteiger partial charge in [0, 0.05) is 20.1 Å². The number of hydrogen-bond acceptors (Lipinski definition) is 8. The summed E-state index contributed by atoms with van der Waals surface area (Å²) < 4.78 is 16.3. The minimum Gasteiger partial charge on any atom is -0.459 e. The molecule has 190 valence electrons. The fourth-order valence-corrected chi connectivity index (χ4v) is 2.58. The van der Waals surface area contributed by atoms with E-state index in [1.54, 1.807) is 7.05 Å². The standard InChI is InChI=1S/C23H47N3O6/c1-21(2,3)30-18(27)17(25-19(28)31-22(4,5)6)13-11-12-14-24-15-16-26(10)20(29)32-23(7,8)9/h17,19,24-25,28H,11-16H2,1-10H3. The summed E-state index contributed by atoms with van der Waals surface area (Å²) in [6, 6.07) is -0.676. The number of aliphatic hydroxyl groups excluding tert-OH is 1. The van der Waals surface area contributed by atoms with Crippen LogP contribution in [0.1, 0.15) is 81.6 Å². The van der Waals surface area contributed by atoms with Crippen molar-refractivity contribution in [1.29, 1.82) is 0 Å². The molecule has 9 nitrogen and oxygen atoms in total. The number of carbonyl (C=O) groups excluding carboxylic acids is 2. The summed E-state index contributed by atoms with van der Waals surface area (Å²) in [5.74, 6) is -0.416. The Hall–Kier alpha value is -1.42. The number of likely N-dealkylation sites (N-methyl/N-ethyl adjacent to an activating group) is 1. The maximum absolute atomic E-state index is 12.5. The largest absolute Gasteiger partial charge is 0.459 e. The topological polar surface area (TPSA) is 109 Å². The van der Waals surface area contributed by atoms with Crippen molar-refractivity contribution in [1.82, 2.24) is 15.5 Å². The first-order valence-electron chi connectivity index (χ1n) is 11.4. The number of nitrogens with one attached hydrogen (secondary N) is 2. The lowest BCUT2D eigenvalue weighted by Crippen LogP contribution is -2.49. The van der Waals surface area contributed by atoms with E-state index in [2.05, 4.69) is 10.6 Å². The molecule has 2 atom stereocenters. The van der Waals surface area contributed by atoms with Gasteiger partial charge in [0.25, 0.3) is 0 Å². The summed E-state index contributed by atoms with van der Waals surface area (Å²) in [5.41, 5.74) is -1.68. The SMILES string of the molecule is CN(CCNCCCCC(NC(O)OC(C)(C)C)C(=O)OC(C)(C)C)C(=O)OC(C)(C)C. The Balaban J connectivity index is 4.40. The van der Waals surface area contributed by atoms with Crippen molar-refractivity contribution in [3.05, 3.63) is 0 Å². The van der Waals surface area contributed by atoms with E-state index in [0.717, 1.165) is 19.4 Å². The van der Waals surface area contributed by atoms with Crippen molar-refractivity contribution in [3.63, 3.8) is 0 Å². The van der Waals surface area contributed by atoms with Crippen molar-refractivity contribution in [2.24, 2.45) is 0 Å². The quantitative estimate of drug-likeness (QED) is 0.231. The Kier molecular flexibility index (Phi) is 12.7. The highest BCUT2D eigenvalue weighted by atomic mass is 16.6. The Morgan fingerprint density at radius 3 is 1.94 bits per heavy atom. The second kappa shape index (κ2) is 13.3. The Bertz CT molecular complexity index is 564. The van der Waals surface area contributed by atoms with E-state index < -0.39 is 35.2 Å². The first-order valence-corrected chi connectivity index (χ1v) is 11.4. The summed E-state index contributed by atoms with van der Waals surface area (Å²) in [6.45, 7) is 18.3. The Morgan fingerprint density at radius 2 is 1.44 bits per heavy atom. The molecule has 1 amide bonds. The average Bonchev–Trinajstić information content (AvgIpc) is 2.54. The fourth-order valence-electron chi connectivity index (χ4n) is 2.58. The zero-order chi connectivity index (χ0) is 25.2. The lowest BCUT2D eigenvalue weighted by atomic mass is 10.1. The van der Waals surface area contributed by atoms with Crippen molar-refractivity contribution in [2.75, 3.05) is 26.7 Å². The molecule has 0 aliphatic carbocycles. The molecule has 0 radical (unpaired) electrons. The molecule has 0 heterocycles. The molecular weight excluding hydrogens is 414 g/mol. The molecule has 0 fully saturated rings. The summed E-state index contributed by atoms with van der Waals surface area (Å²) in [6.07, 6.45) is 0.455. The third-order valence-electron chi connectivity index (χ3n) is 3.93. The molecule has 0 aliphatic rings. The van der Waals surface area contributed by atoms with E-state index in [4.69, 9.17) is 14.2 Å². The molecular formula is C23H47N3O6. The molecule has 32 heavy (non-hydrogen) atoms. The molecule has 9 heteroatoms. The van der Waals surface area contributed by atoms with Crippen LogP contribution in [0.5, 0.6) is 0 Å². The minimum atomic E-state index is -1.27. The number of aliphatic hydroxyl groups is 1. The second-order valence-electron chi connectivity index (χ2n) is 11.0. The highest BCUT2D eigenvalue weighted by molar-refractivity contribution is 5.76. The molecule has 0 saturated carbocycles. The lowest BCUT2D eigenvalue weighted by Gasteiger charge is -2.29. The van der Waals surface area contributed by atoms with E-state index >= 15 is 0 Å². The van der Waals surface area contributed by atoms with Crippen molar-refractivity contribution in [3.8, 4) is 0 Å².